The second-order valence-electron chi connectivity index (χ2n) is 9.36. The number of hydrogen-bond donors (Lipinski definition) is 0. The quantitative estimate of drug-likeness (QED) is 0.639. The maximum absolute atomic E-state index is 12.9. The van der Waals surface area contributed by atoms with Gasteiger partial charge in [0.15, 0.2) is 5.75 Å². The van der Waals surface area contributed by atoms with E-state index in [2.05, 4.69) is 29.2 Å². The van der Waals surface area contributed by atoms with E-state index in [0.29, 0.717) is 32.0 Å². The van der Waals surface area contributed by atoms with E-state index in [1.807, 2.05) is 6.07 Å². The van der Waals surface area contributed by atoms with Crippen molar-refractivity contribution in [3.05, 3.63) is 63.6 Å². The molecule has 0 amide bonds. The van der Waals surface area contributed by atoms with E-state index < -0.39 is 10.0 Å². The Morgan fingerprint density at radius 3 is 2.25 bits per heavy atom. The van der Waals surface area contributed by atoms with Crippen LogP contribution in [-0.2, 0) is 36.7 Å². The first kappa shape index (κ1) is 21.7. The van der Waals surface area contributed by atoms with E-state index in [9.17, 15) is 13.2 Å². The molecule has 1 aromatic heterocycles. The Balaban J connectivity index is 1.15. The zero-order valence-electron chi connectivity index (χ0n) is 18.6. The van der Waals surface area contributed by atoms with Crippen molar-refractivity contribution in [2.75, 3.05) is 19.7 Å². The van der Waals surface area contributed by atoms with Crippen LogP contribution in [0.4, 0.5) is 0 Å². The first-order valence-corrected chi connectivity index (χ1v) is 13.0. The van der Waals surface area contributed by atoms with E-state index >= 15 is 0 Å². The van der Waals surface area contributed by atoms with Gasteiger partial charge in [0.05, 0.1) is 11.9 Å². The van der Waals surface area contributed by atoms with Crippen molar-refractivity contribution >= 4 is 10.0 Å². The molecule has 1 saturated carbocycles. The standard InChI is InChI=1S/C24H31N3O4S/c1-25-21(16-26-14-19-4-2-3-5-20(19)15-26)6-9-23(24(25)28)31-17-18-10-12-27(13-11-18)32(29,30)22-7-8-22/h2-6,9,18,22H,7-8,10-17H2,1H3. The predicted octanol–water partition coefficient (Wildman–Crippen LogP) is 2.48. The van der Waals surface area contributed by atoms with Gasteiger partial charge in [0.2, 0.25) is 10.0 Å². The zero-order valence-corrected chi connectivity index (χ0v) is 19.4. The van der Waals surface area contributed by atoms with Crippen LogP contribution in [0.15, 0.2) is 41.2 Å². The average Bonchev–Trinajstić information content (AvgIpc) is 3.58. The Morgan fingerprint density at radius 2 is 1.62 bits per heavy atom. The molecule has 0 unspecified atom stereocenters. The van der Waals surface area contributed by atoms with Crippen molar-refractivity contribution in [3.63, 3.8) is 0 Å². The zero-order chi connectivity index (χ0) is 22.3. The Labute approximate surface area is 189 Å². The van der Waals surface area contributed by atoms with Crippen molar-refractivity contribution in [2.45, 2.75) is 50.6 Å². The molecule has 0 spiro atoms. The highest BCUT2D eigenvalue weighted by molar-refractivity contribution is 7.90. The lowest BCUT2D eigenvalue weighted by Gasteiger charge is -2.31. The van der Waals surface area contributed by atoms with Gasteiger partial charge in [-0.15, -0.1) is 0 Å². The van der Waals surface area contributed by atoms with Gasteiger partial charge in [-0.3, -0.25) is 9.69 Å². The molecule has 1 aromatic carbocycles. The Morgan fingerprint density at radius 1 is 0.969 bits per heavy atom. The number of benzene rings is 1. The summed E-state index contributed by atoms with van der Waals surface area (Å²) >= 11 is 0. The lowest BCUT2D eigenvalue weighted by atomic mass is 9.99. The Kier molecular flexibility index (Phi) is 5.86. The topological polar surface area (TPSA) is 71.8 Å². The normalized spacial score (nSPS) is 20.4. The highest BCUT2D eigenvalue weighted by Gasteiger charge is 2.41. The summed E-state index contributed by atoms with van der Waals surface area (Å²) in [6.45, 7) is 4.08. The van der Waals surface area contributed by atoms with Crippen LogP contribution in [0.2, 0.25) is 0 Å². The van der Waals surface area contributed by atoms with Gasteiger partial charge in [-0.1, -0.05) is 24.3 Å². The van der Waals surface area contributed by atoms with Crippen LogP contribution < -0.4 is 10.3 Å². The lowest BCUT2D eigenvalue weighted by molar-refractivity contribution is 0.183. The molecule has 8 heteroatoms. The second-order valence-corrected chi connectivity index (χ2v) is 11.6. The fourth-order valence-corrected chi connectivity index (χ4v) is 6.65. The number of rotatable bonds is 7. The highest BCUT2D eigenvalue weighted by Crippen LogP contribution is 2.33. The van der Waals surface area contributed by atoms with Gasteiger partial charge in [0.25, 0.3) is 5.56 Å². The minimum atomic E-state index is -3.09. The molecule has 1 saturated heterocycles. The Hall–Kier alpha value is -2.16. The molecule has 2 fully saturated rings. The van der Waals surface area contributed by atoms with Crippen molar-refractivity contribution in [2.24, 2.45) is 13.0 Å². The predicted molar refractivity (Wildman–Crippen MR) is 123 cm³/mol. The van der Waals surface area contributed by atoms with Gasteiger partial charge in [-0.25, -0.2) is 12.7 Å². The van der Waals surface area contributed by atoms with Crippen LogP contribution in [0.5, 0.6) is 5.75 Å². The minimum Gasteiger partial charge on any atom is -0.488 e. The summed E-state index contributed by atoms with van der Waals surface area (Å²) in [5.74, 6) is 0.641. The average molecular weight is 458 g/mol. The molecule has 0 atom stereocenters. The number of aromatic nitrogens is 1. The molecular formula is C24H31N3O4S. The molecule has 0 radical (unpaired) electrons. The van der Waals surface area contributed by atoms with Gasteiger partial charge >= 0.3 is 0 Å². The van der Waals surface area contributed by atoms with Gasteiger partial charge in [-0.05, 0) is 54.9 Å². The lowest BCUT2D eigenvalue weighted by Crippen LogP contribution is -2.41. The SMILES string of the molecule is Cn1c(CN2Cc3ccccc3C2)ccc(OCC2CCN(S(=O)(=O)C3CC3)CC2)c1=O. The minimum absolute atomic E-state index is 0.118. The maximum Gasteiger partial charge on any atom is 0.292 e. The third-order valence-corrected chi connectivity index (χ3v) is 9.42. The molecule has 7 nitrogen and oxygen atoms in total. The number of pyridine rings is 1. The number of fused-ring (bicyclic) bond motifs is 1. The second kappa shape index (κ2) is 8.65. The van der Waals surface area contributed by atoms with Crippen LogP contribution >= 0.6 is 0 Å². The smallest absolute Gasteiger partial charge is 0.292 e. The van der Waals surface area contributed by atoms with Crippen molar-refractivity contribution in [1.29, 1.82) is 0 Å². The number of sulfonamides is 1. The number of nitrogens with zero attached hydrogens (tertiary/aromatic N) is 3. The summed E-state index contributed by atoms with van der Waals surface area (Å²) in [7, 11) is -1.29. The van der Waals surface area contributed by atoms with Gasteiger partial charge in [0, 0.05) is 45.5 Å². The maximum atomic E-state index is 12.9. The number of ether oxygens (including phenoxy) is 1. The van der Waals surface area contributed by atoms with E-state index in [0.717, 1.165) is 44.5 Å². The molecule has 3 heterocycles. The van der Waals surface area contributed by atoms with Gasteiger partial charge < -0.3 is 9.30 Å². The fourth-order valence-electron chi connectivity index (χ4n) is 4.78. The van der Waals surface area contributed by atoms with Crippen molar-refractivity contribution in [3.8, 4) is 5.75 Å². The fraction of sp³-hybridized carbons (Fsp3) is 0.542. The summed E-state index contributed by atoms with van der Waals surface area (Å²) in [6.07, 6.45) is 3.16. The van der Waals surface area contributed by atoms with E-state index in [-0.39, 0.29) is 16.7 Å². The molecule has 1 aliphatic carbocycles. The molecule has 32 heavy (non-hydrogen) atoms. The molecule has 0 N–H and O–H groups in total. The highest BCUT2D eigenvalue weighted by atomic mass is 32.2. The number of hydrogen-bond acceptors (Lipinski definition) is 5. The summed E-state index contributed by atoms with van der Waals surface area (Å²) in [4.78, 5) is 15.2. The van der Waals surface area contributed by atoms with Gasteiger partial charge in [-0.2, -0.15) is 0 Å². The summed E-state index contributed by atoms with van der Waals surface area (Å²) in [5.41, 5.74) is 3.56. The first-order valence-electron chi connectivity index (χ1n) is 11.5. The first-order chi connectivity index (χ1) is 15.4. The van der Waals surface area contributed by atoms with Crippen LogP contribution in [0.25, 0.3) is 0 Å². The number of piperidine rings is 1. The molecule has 3 aliphatic rings. The van der Waals surface area contributed by atoms with E-state index in [4.69, 9.17) is 4.74 Å². The molecular weight excluding hydrogens is 426 g/mol. The van der Waals surface area contributed by atoms with Crippen molar-refractivity contribution in [1.82, 2.24) is 13.8 Å². The molecule has 172 valence electrons. The van der Waals surface area contributed by atoms with Crippen LogP contribution in [0.1, 0.15) is 42.5 Å². The monoisotopic (exact) mass is 457 g/mol. The largest absolute Gasteiger partial charge is 0.488 e. The van der Waals surface area contributed by atoms with Crippen LogP contribution in [0, 0.1) is 5.92 Å². The van der Waals surface area contributed by atoms with Crippen molar-refractivity contribution < 1.29 is 13.2 Å². The Bertz CT molecular complexity index is 1120. The molecule has 2 aliphatic heterocycles. The van der Waals surface area contributed by atoms with Gasteiger partial charge in [0.1, 0.15) is 0 Å². The van der Waals surface area contributed by atoms with Crippen LogP contribution in [0.3, 0.4) is 0 Å². The summed E-state index contributed by atoms with van der Waals surface area (Å²) < 4.78 is 34.0. The van der Waals surface area contributed by atoms with Crippen LogP contribution in [-0.4, -0.2) is 47.1 Å². The molecule has 2 aromatic rings. The third-order valence-electron chi connectivity index (χ3n) is 7.02. The third kappa shape index (κ3) is 4.36. The molecule has 0 bridgehead atoms. The van der Waals surface area contributed by atoms with E-state index in [1.165, 1.54) is 11.1 Å². The van der Waals surface area contributed by atoms with E-state index in [1.54, 1.807) is 22.0 Å². The summed E-state index contributed by atoms with van der Waals surface area (Å²) in [5, 5.41) is -0.147. The molecule has 5 rings (SSSR count). The summed E-state index contributed by atoms with van der Waals surface area (Å²) in [6, 6.07) is 12.2.